The second kappa shape index (κ2) is 6.12. The molecule has 0 saturated carbocycles. The van der Waals surface area contributed by atoms with Crippen LogP contribution < -0.4 is 5.32 Å². The van der Waals surface area contributed by atoms with Gasteiger partial charge in [-0.25, -0.2) is 0 Å². The lowest BCUT2D eigenvalue weighted by molar-refractivity contribution is 0.278. The summed E-state index contributed by atoms with van der Waals surface area (Å²) in [5, 5.41) is 3.60. The maximum atomic E-state index is 4.58. The number of pyridine rings is 1. The van der Waals surface area contributed by atoms with Gasteiger partial charge < -0.3 is 5.32 Å². The summed E-state index contributed by atoms with van der Waals surface area (Å²) in [4.78, 5) is 7.08. The highest BCUT2D eigenvalue weighted by Gasteiger charge is 2.15. The highest BCUT2D eigenvalue weighted by atomic mass is 15.2. The van der Waals surface area contributed by atoms with Crippen LogP contribution in [-0.2, 0) is 6.54 Å². The summed E-state index contributed by atoms with van der Waals surface area (Å²) >= 11 is 0. The van der Waals surface area contributed by atoms with Gasteiger partial charge in [0.1, 0.15) is 0 Å². The van der Waals surface area contributed by atoms with Gasteiger partial charge in [0.25, 0.3) is 0 Å². The Labute approximate surface area is 104 Å². The van der Waals surface area contributed by atoms with E-state index in [1.807, 2.05) is 0 Å². The minimum atomic E-state index is 0.700. The summed E-state index contributed by atoms with van der Waals surface area (Å²) in [7, 11) is 0. The molecule has 2 heterocycles. The van der Waals surface area contributed by atoms with E-state index in [-0.39, 0.29) is 0 Å². The van der Waals surface area contributed by atoms with Gasteiger partial charge >= 0.3 is 0 Å². The average Bonchev–Trinajstić information content (AvgIpc) is 2.54. The van der Waals surface area contributed by atoms with E-state index in [4.69, 9.17) is 0 Å². The van der Waals surface area contributed by atoms with Gasteiger partial charge in [-0.3, -0.25) is 9.88 Å². The summed E-state index contributed by atoms with van der Waals surface area (Å²) in [5.41, 5.74) is 2.31. The van der Waals surface area contributed by atoms with Gasteiger partial charge in [-0.05, 0) is 31.9 Å². The molecule has 1 fully saturated rings. The molecule has 0 spiro atoms. The summed E-state index contributed by atoms with van der Waals surface area (Å²) in [6.45, 7) is 8.72. The van der Waals surface area contributed by atoms with Crippen molar-refractivity contribution in [2.75, 3.05) is 19.6 Å². The Morgan fingerprint density at radius 1 is 1.41 bits per heavy atom. The summed E-state index contributed by atoms with van der Waals surface area (Å²) in [5.74, 6) is 0. The zero-order valence-electron chi connectivity index (χ0n) is 10.9. The Morgan fingerprint density at radius 3 is 3.06 bits per heavy atom. The van der Waals surface area contributed by atoms with E-state index in [9.17, 15) is 0 Å². The van der Waals surface area contributed by atoms with Crippen molar-refractivity contribution in [3.05, 3.63) is 29.6 Å². The molecule has 1 unspecified atom stereocenters. The van der Waals surface area contributed by atoms with Crippen molar-refractivity contribution < 1.29 is 0 Å². The van der Waals surface area contributed by atoms with Crippen LogP contribution >= 0.6 is 0 Å². The highest BCUT2D eigenvalue weighted by molar-refractivity contribution is 5.09. The third-order valence-corrected chi connectivity index (χ3v) is 3.48. The molecule has 1 atom stereocenters. The predicted octanol–water partition coefficient (Wildman–Crippen LogP) is 1.96. The standard InChI is InChI=1S/C14H23N3/c1-3-13-7-9-17(10-8-15-13)11-14-6-4-5-12(2)16-14/h4-6,13,15H,3,7-11H2,1-2H3. The molecule has 0 aromatic carbocycles. The van der Waals surface area contributed by atoms with E-state index < -0.39 is 0 Å². The van der Waals surface area contributed by atoms with Crippen molar-refractivity contribution in [3.8, 4) is 0 Å². The van der Waals surface area contributed by atoms with Crippen molar-refractivity contribution in [2.45, 2.75) is 39.3 Å². The van der Waals surface area contributed by atoms with Gasteiger partial charge in [-0.1, -0.05) is 13.0 Å². The molecule has 3 nitrogen and oxygen atoms in total. The summed E-state index contributed by atoms with van der Waals surface area (Å²) in [6, 6.07) is 6.98. The highest BCUT2D eigenvalue weighted by Crippen LogP contribution is 2.08. The molecule has 1 aromatic heterocycles. The van der Waals surface area contributed by atoms with Crippen LogP contribution in [0.4, 0.5) is 0 Å². The minimum Gasteiger partial charge on any atom is -0.313 e. The first-order valence-electron chi connectivity index (χ1n) is 6.66. The third-order valence-electron chi connectivity index (χ3n) is 3.48. The van der Waals surface area contributed by atoms with Crippen LogP contribution in [0.25, 0.3) is 0 Å². The van der Waals surface area contributed by atoms with E-state index in [2.05, 4.69) is 47.2 Å². The zero-order chi connectivity index (χ0) is 12.1. The second-order valence-electron chi connectivity index (χ2n) is 4.89. The second-order valence-corrected chi connectivity index (χ2v) is 4.89. The van der Waals surface area contributed by atoms with Crippen LogP contribution in [-0.4, -0.2) is 35.6 Å². The van der Waals surface area contributed by atoms with E-state index in [1.54, 1.807) is 0 Å². The van der Waals surface area contributed by atoms with Crippen LogP contribution in [0.1, 0.15) is 31.2 Å². The number of rotatable bonds is 3. The number of hydrogen-bond acceptors (Lipinski definition) is 3. The Hall–Kier alpha value is -0.930. The topological polar surface area (TPSA) is 28.2 Å². The molecule has 1 aliphatic rings. The minimum absolute atomic E-state index is 0.700. The van der Waals surface area contributed by atoms with Gasteiger partial charge in [0.05, 0.1) is 5.69 Å². The molecule has 1 aromatic rings. The van der Waals surface area contributed by atoms with E-state index >= 15 is 0 Å². The average molecular weight is 233 g/mol. The molecular weight excluding hydrogens is 210 g/mol. The number of aryl methyl sites for hydroxylation is 1. The number of nitrogens with one attached hydrogen (secondary N) is 1. The molecule has 0 radical (unpaired) electrons. The van der Waals surface area contributed by atoms with Gasteiger partial charge in [-0.2, -0.15) is 0 Å². The fourth-order valence-corrected chi connectivity index (χ4v) is 2.40. The van der Waals surface area contributed by atoms with Gasteiger partial charge in [0.15, 0.2) is 0 Å². The molecular formula is C14H23N3. The first-order valence-corrected chi connectivity index (χ1v) is 6.66. The quantitative estimate of drug-likeness (QED) is 0.865. The maximum absolute atomic E-state index is 4.58. The Bertz CT molecular complexity index is 351. The molecule has 1 N–H and O–H groups in total. The van der Waals surface area contributed by atoms with Crippen molar-refractivity contribution in [3.63, 3.8) is 0 Å². The fourth-order valence-electron chi connectivity index (χ4n) is 2.40. The zero-order valence-corrected chi connectivity index (χ0v) is 10.9. The van der Waals surface area contributed by atoms with Crippen molar-refractivity contribution in [1.82, 2.24) is 15.2 Å². The molecule has 3 heteroatoms. The SMILES string of the molecule is CCC1CCN(Cc2cccc(C)n2)CCN1. The van der Waals surface area contributed by atoms with E-state index in [1.165, 1.54) is 25.1 Å². The molecule has 1 aliphatic heterocycles. The van der Waals surface area contributed by atoms with E-state index in [0.29, 0.717) is 6.04 Å². The van der Waals surface area contributed by atoms with Crippen LogP contribution in [0.15, 0.2) is 18.2 Å². The van der Waals surface area contributed by atoms with E-state index in [0.717, 1.165) is 25.3 Å². The monoisotopic (exact) mass is 233 g/mol. The Balaban J connectivity index is 1.90. The van der Waals surface area contributed by atoms with Crippen LogP contribution in [0.3, 0.4) is 0 Å². The summed E-state index contributed by atoms with van der Waals surface area (Å²) < 4.78 is 0. The maximum Gasteiger partial charge on any atom is 0.0547 e. The van der Waals surface area contributed by atoms with Gasteiger partial charge in [0.2, 0.25) is 0 Å². The summed E-state index contributed by atoms with van der Waals surface area (Å²) in [6.07, 6.45) is 2.48. The molecule has 0 aliphatic carbocycles. The smallest absolute Gasteiger partial charge is 0.0547 e. The lowest BCUT2D eigenvalue weighted by atomic mass is 10.1. The van der Waals surface area contributed by atoms with Gasteiger partial charge in [0, 0.05) is 37.9 Å². The largest absolute Gasteiger partial charge is 0.313 e. The number of hydrogen-bond donors (Lipinski definition) is 1. The first-order chi connectivity index (χ1) is 8.28. The number of nitrogens with zero attached hydrogens (tertiary/aromatic N) is 2. The van der Waals surface area contributed by atoms with Crippen molar-refractivity contribution >= 4 is 0 Å². The third kappa shape index (κ3) is 3.79. The van der Waals surface area contributed by atoms with Crippen LogP contribution in [0.5, 0.6) is 0 Å². The Morgan fingerprint density at radius 2 is 2.29 bits per heavy atom. The molecule has 94 valence electrons. The Kier molecular flexibility index (Phi) is 4.51. The molecule has 17 heavy (non-hydrogen) atoms. The lowest BCUT2D eigenvalue weighted by Crippen LogP contribution is -2.30. The van der Waals surface area contributed by atoms with Crippen molar-refractivity contribution in [1.29, 1.82) is 0 Å². The van der Waals surface area contributed by atoms with Crippen LogP contribution in [0.2, 0.25) is 0 Å². The lowest BCUT2D eigenvalue weighted by Gasteiger charge is -2.19. The fraction of sp³-hybridized carbons (Fsp3) is 0.643. The van der Waals surface area contributed by atoms with Crippen LogP contribution in [0, 0.1) is 6.92 Å². The normalized spacial score (nSPS) is 22.4. The molecule has 0 bridgehead atoms. The predicted molar refractivity (Wildman–Crippen MR) is 70.9 cm³/mol. The van der Waals surface area contributed by atoms with Gasteiger partial charge in [-0.15, -0.1) is 0 Å². The number of aromatic nitrogens is 1. The molecule has 0 amide bonds. The molecule has 1 saturated heterocycles. The molecule has 2 rings (SSSR count). The first kappa shape index (κ1) is 12.5. The van der Waals surface area contributed by atoms with Crippen molar-refractivity contribution in [2.24, 2.45) is 0 Å².